The Bertz CT molecular complexity index is 494. The summed E-state index contributed by atoms with van der Waals surface area (Å²) in [4.78, 5) is 0. The molecule has 7 heteroatoms. The van der Waals surface area contributed by atoms with Crippen molar-refractivity contribution in [2.45, 2.75) is 37.3 Å². The first kappa shape index (κ1) is 11.5. The topological polar surface area (TPSA) is 90.9 Å². The fraction of sp³-hybridized carbons (Fsp3) is 0.778. The van der Waals surface area contributed by atoms with Gasteiger partial charge in [0.2, 0.25) is 0 Å². The molecular weight excluding hydrogens is 228 g/mol. The number of nitrogens with two attached hydrogens (primary N) is 1. The molecule has 0 saturated heterocycles. The Kier molecular flexibility index (Phi) is 2.75. The van der Waals surface area contributed by atoms with Crippen LogP contribution in [-0.2, 0) is 17.1 Å². The monoisotopic (exact) mass is 244 g/mol. The number of nitrogens with zero attached hydrogens (tertiary/aromatic N) is 3. The Hall–Kier alpha value is -0.950. The molecule has 90 valence electrons. The summed E-state index contributed by atoms with van der Waals surface area (Å²) in [5.74, 6) is 1.55. The van der Waals surface area contributed by atoms with E-state index in [1.807, 2.05) is 0 Å². The van der Waals surface area contributed by atoms with Crippen LogP contribution in [0.15, 0.2) is 5.16 Å². The molecule has 0 radical (unpaired) electrons. The fourth-order valence-electron chi connectivity index (χ4n) is 2.43. The highest BCUT2D eigenvalue weighted by Crippen LogP contribution is 2.38. The van der Waals surface area contributed by atoms with E-state index in [4.69, 9.17) is 5.14 Å². The molecule has 2 unspecified atom stereocenters. The number of aromatic nitrogens is 3. The van der Waals surface area contributed by atoms with Crippen LogP contribution in [0.4, 0.5) is 0 Å². The molecule has 2 rings (SSSR count). The van der Waals surface area contributed by atoms with Crippen molar-refractivity contribution in [1.29, 1.82) is 0 Å². The first-order chi connectivity index (χ1) is 7.41. The Labute approximate surface area is 94.9 Å². The summed E-state index contributed by atoms with van der Waals surface area (Å²) in [5, 5.41) is 12.5. The number of hydrogen-bond acceptors (Lipinski definition) is 4. The Morgan fingerprint density at radius 1 is 1.38 bits per heavy atom. The van der Waals surface area contributed by atoms with Gasteiger partial charge < -0.3 is 4.57 Å². The summed E-state index contributed by atoms with van der Waals surface area (Å²) < 4.78 is 23.9. The minimum Gasteiger partial charge on any atom is -0.304 e. The van der Waals surface area contributed by atoms with Crippen LogP contribution in [0.3, 0.4) is 0 Å². The summed E-state index contributed by atoms with van der Waals surface area (Å²) in [6.07, 6.45) is 3.35. The predicted molar refractivity (Wildman–Crippen MR) is 58.1 cm³/mol. The summed E-state index contributed by atoms with van der Waals surface area (Å²) in [6.45, 7) is 2.16. The fourth-order valence-corrected chi connectivity index (χ4v) is 3.06. The van der Waals surface area contributed by atoms with Gasteiger partial charge in [-0.1, -0.05) is 13.3 Å². The zero-order valence-corrected chi connectivity index (χ0v) is 10.2. The van der Waals surface area contributed by atoms with Gasteiger partial charge in [0.05, 0.1) is 0 Å². The number of sulfonamides is 1. The predicted octanol–water partition coefficient (Wildman–Crippen LogP) is 0.366. The van der Waals surface area contributed by atoms with Crippen molar-refractivity contribution in [3.05, 3.63) is 5.82 Å². The molecule has 1 aliphatic carbocycles. The zero-order valence-electron chi connectivity index (χ0n) is 9.42. The molecule has 0 bridgehead atoms. The van der Waals surface area contributed by atoms with Crippen LogP contribution in [0.5, 0.6) is 0 Å². The number of hydrogen-bond donors (Lipinski definition) is 1. The van der Waals surface area contributed by atoms with E-state index < -0.39 is 10.0 Å². The molecule has 16 heavy (non-hydrogen) atoms. The van der Waals surface area contributed by atoms with E-state index in [2.05, 4.69) is 17.1 Å². The van der Waals surface area contributed by atoms with E-state index in [1.165, 1.54) is 4.57 Å². The average Bonchev–Trinajstić information content (AvgIpc) is 2.70. The molecule has 0 amide bonds. The quantitative estimate of drug-likeness (QED) is 0.813. The molecule has 0 spiro atoms. The van der Waals surface area contributed by atoms with Crippen molar-refractivity contribution in [2.24, 2.45) is 18.1 Å². The van der Waals surface area contributed by atoms with Crippen LogP contribution in [0.25, 0.3) is 0 Å². The molecule has 1 aliphatic rings. The summed E-state index contributed by atoms with van der Waals surface area (Å²) >= 11 is 0. The van der Waals surface area contributed by atoms with E-state index >= 15 is 0 Å². The van der Waals surface area contributed by atoms with E-state index in [0.717, 1.165) is 25.1 Å². The number of rotatable bonds is 2. The van der Waals surface area contributed by atoms with Gasteiger partial charge in [-0.15, -0.1) is 10.2 Å². The van der Waals surface area contributed by atoms with E-state index in [1.54, 1.807) is 7.05 Å². The minimum absolute atomic E-state index is 0.151. The third-order valence-corrected chi connectivity index (χ3v) is 4.18. The SMILES string of the molecule is CC1CCCC1c1nnc(S(N)(=O)=O)n1C. The molecule has 0 aromatic carbocycles. The van der Waals surface area contributed by atoms with Crippen molar-refractivity contribution in [1.82, 2.24) is 14.8 Å². The largest absolute Gasteiger partial charge is 0.304 e. The molecule has 6 nitrogen and oxygen atoms in total. The van der Waals surface area contributed by atoms with E-state index in [-0.39, 0.29) is 5.16 Å². The van der Waals surface area contributed by atoms with E-state index in [9.17, 15) is 8.42 Å². The molecule has 1 aromatic rings. The summed E-state index contributed by atoms with van der Waals surface area (Å²) in [6, 6.07) is 0. The van der Waals surface area contributed by atoms with Gasteiger partial charge in [0.25, 0.3) is 15.2 Å². The molecule has 1 saturated carbocycles. The zero-order chi connectivity index (χ0) is 11.9. The van der Waals surface area contributed by atoms with Crippen LogP contribution in [0.1, 0.15) is 37.9 Å². The lowest BCUT2D eigenvalue weighted by Crippen LogP contribution is -2.18. The maximum atomic E-state index is 11.2. The molecule has 0 aliphatic heterocycles. The first-order valence-corrected chi connectivity index (χ1v) is 6.88. The lowest BCUT2D eigenvalue weighted by atomic mass is 9.97. The summed E-state index contributed by atoms with van der Waals surface area (Å²) in [7, 11) is -2.12. The average molecular weight is 244 g/mol. The van der Waals surface area contributed by atoms with Crippen molar-refractivity contribution < 1.29 is 8.42 Å². The van der Waals surface area contributed by atoms with Crippen LogP contribution in [-0.4, -0.2) is 23.2 Å². The Morgan fingerprint density at radius 3 is 2.50 bits per heavy atom. The second-order valence-electron chi connectivity index (χ2n) is 4.46. The van der Waals surface area contributed by atoms with Gasteiger partial charge in [-0.3, -0.25) is 0 Å². The van der Waals surface area contributed by atoms with Crippen LogP contribution in [0.2, 0.25) is 0 Å². The standard InChI is InChI=1S/C9H16N4O2S/c1-6-4-3-5-7(6)8-11-12-9(13(8)2)16(10,14)15/h6-7H,3-5H2,1-2H3,(H2,10,14,15). The second-order valence-corrected chi connectivity index (χ2v) is 5.91. The lowest BCUT2D eigenvalue weighted by molar-refractivity contribution is 0.489. The first-order valence-electron chi connectivity index (χ1n) is 5.33. The molecule has 2 N–H and O–H groups in total. The van der Waals surface area contributed by atoms with Gasteiger partial charge in [-0.05, 0) is 18.8 Å². The van der Waals surface area contributed by atoms with Crippen molar-refractivity contribution in [3.63, 3.8) is 0 Å². The van der Waals surface area contributed by atoms with Crippen LogP contribution < -0.4 is 5.14 Å². The second kappa shape index (κ2) is 3.81. The third kappa shape index (κ3) is 1.84. The third-order valence-electron chi connectivity index (χ3n) is 3.32. The van der Waals surface area contributed by atoms with Gasteiger partial charge in [0.1, 0.15) is 5.82 Å². The van der Waals surface area contributed by atoms with Gasteiger partial charge in [0.15, 0.2) is 0 Å². The summed E-state index contributed by atoms with van der Waals surface area (Å²) in [5.41, 5.74) is 0. The minimum atomic E-state index is -3.77. The lowest BCUT2D eigenvalue weighted by Gasteiger charge is -2.13. The normalized spacial score (nSPS) is 26.2. The van der Waals surface area contributed by atoms with Crippen molar-refractivity contribution in [2.75, 3.05) is 0 Å². The molecular formula is C9H16N4O2S. The van der Waals surface area contributed by atoms with Crippen molar-refractivity contribution >= 4 is 10.0 Å². The number of primary sulfonamides is 1. The molecule has 1 aromatic heterocycles. The molecule has 2 atom stereocenters. The highest BCUT2D eigenvalue weighted by atomic mass is 32.2. The van der Waals surface area contributed by atoms with Crippen LogP contribution in [0, 0.1) is 5.92 Å². The maximum Gasteiger partial charge on any atom is 0.273 e. The smallest absolute Gasteiger partial charge is 0.273 e. The molecule has 1 heterocycles. The van der Waals surface area contributed by atoms with Gasteiger partial charge >= 0.3 is 0 Å². The highest BCUT2D eigenvalue weighted by Gasteiger charge is 2.31. The van der Waals surface area contributed by atoms with Gasteiger partial charge in [-0.25, -0.2) is 13.6 Å². The van der Waals surface area contributed by atoms with Gasteiger partial charge in [-0.2, -0.15) is 0 Å². The van der Waals surface area contributed by atoms with Crippen LogP contribution >= 0.6 is 0 Å². The molecule has 1 fully saturated rings. The van der Waals surface area contributed by atoms with E-state index in [0.29, 0.717) is 11.8 Å². The maximum absolute atomic E-state index is 11.2. The Balaban J connectivity index is 2.41. The van der Waals surface area contributed by atoms with Gasteiger partial charge in [0, 0.05) is 13.0 Å². The highest BCUT2D eigenvalue weighted by molar-refractivity contribution is 7.89. The Morgan fingerprint density at radius 2 is 2.06 bits per heavy atom. The van der Waals surface area contributed by atoms with Crippen molar-refractivity contribution in [3.8, 4) is 0 Å².